The zero-order chi connectivity index (χ0) is 60.2. The van der Waals surface area contributed by atoms with E-state index in [2.05, 4.69) is 339 Å². The molecule has 0 saturated carbocycles. The standard InChI is InChI=1S/C84H71BN2O/c1-82(2,3)61-48-67(55-30-17-11-18-31-55)79(68(49-61)56-32-19-12-20-33-56)86-73-44-42-59(54-28-15-10-16-29-54)46-71(73)85-72-47-60(64-39-27-40-66-65-38-25-26-41-77(65)88-81(64)66)43-45-74(72)87(76-53-63(84(7,8)9)52-75(86)78(76)85)80-69(57-34-21-13-22-35-57)50-62(83(4,5)6)51-70(80)58-36-23-14-24-37-58/h10-53H,1-9H3. The van der Waals surface area contributed by atoms with E-state index in [1.54, 1.807) is 0 Å². The molecule has 0 amide bonds. The minimum Gasteiger partial charge on any atom is -0.455 e. The molecule has 15 rings (SSSR count). The van der Waals surface area contributed by atoms with Crippen molar-refractivity contribution >= 4 is 79.2 Å². The molecule has 0 unspecified atom stereocenters. The summed E-state index contributed by atoms with van der Waals surface area (Å²) in [6.45, 7) is 21.0. The van der Waals surface area contributed by atoms with Crippen molar-refractivity contribution < 1.29 is 4.42 Å². The average Bonchev–Trinajstić information content (AvgIpc) is 0.795. The fraction of sp³-hybridized carbons (Fsp3) is 0.143. The Bertz CT molecular complexity index is 4690. The molecule has 0 fully saturated rings. The molecule has 0 saturated heterocycles. The second kappa shape index (κ2) is 20.9. The van der Waals surface area contributed by atoms with E-state index in [0.29, 0.717) is 0 Å². The molecule has 88 heavy (non-hydrogen) atoms. The van der Waals surface area contributed by atoms with Gasteiger partial charge in [-0.15, -0.1) is 0 Å². The molecular formula is C84H71BN2O. The molecule has 3 heterocycles. The summed E-state index contributed by atoms with van der Waals surface area (Å²) in [4.78, 5) is 5.37. The molecule has 0 radical (unpaired) electrons. The molecule has 3 nitrogen and oxygen atoms in total. The quantitative estimate of drug-likeness (QED) is 0.141. The molecule has 12 aromatic carbocycles. The Morgan fingerprint density at radius 1 is 0.284 bits per heavy atom. The number of hydrogen-bond donors (Lipinski definition) is 0. The summed E-state index contributed by atoms with van der Waals surface area (Å²) in [5.74, 6) is 0. The summed E-state index contributed by atoms with van der Waals surface area (Å²) < 4.78 is 6.92. The molecule has 13 aromatic rings. The van der Waals surface area contributed by atoms with Gasteiger partial charge in [0, 0.05) is 61.3 Å². The second-order valence-corrected chi connectivity index (χ2v) is 27.3. The first-order valence-electron chi connectivity index (χ1n) is 31.2. The van der Waals surface area contributed by atoms with E-state index in [-0.39, 0.29) is 23.0 Å². The zero-order valence-corrected chi connectivity index (χ0v) is 51.8. The highest BCUT2D eigenvalue weighted by Crippen LogP contribution is 2.55. The van der Waals surface area contributed by atoms with Gasteiger partial charge in [-0.25, -0.2) is 0 Å². The number of nitrogens with zero attached hydrogens (tertiary/aromatic N) is 2. The van der Waals surface area contributed by atoms with E-state index in [0.717, 1.165) is 66.9 Å². The van der Waals surface area contributed by atoms with Crippen LogP contribution in [0.2, 0.25) is 0 Å². The predicted octanol–water partition coefficient (Wildman–Crippen LogP) is 21.6. The fourth-order valence-corrected chi connectivity index (χ4v) is 13.8. The Hall–Kier alpha value is -9.90. The number of rotatable bonds is 8. The van der Waals surface area contributed by atoms with Gasteiger partial charge in [0.05, 0.1) is 11.4 Å². The van der Waals surface area contributed by atoms with Crippen LogP contribution in [0.3, 0.4) is 0 Å². The van der Waals surface area contributed by atoms with Crippen LogP contribution in [0.4, 0.5) is 34.1 Å². The average molecular weight is 1140 g/mol. The zero-order valence-electron chi connectivity index (χ0n) is 51.8. The first-order chi connectivity index (χ1) is 42.6. The Morgan fingerprint density at radius 3 is 1.08 bits per heavy atom. The lowest BCUT2D eigenvalue weighted by atomic mass is 9.33. The number of furan rings is 1. The van der Waals surface area contributed by atoms with Gasteiger partial charge in [-0.1, -0.05) is 275 Å². The number of fused-ring (bicyclic) bond motifs is 7. The third-order valence-corrected chi connectivity index (χ3v) is 18.5. The van der Waals surface area contributed by atoms with Gasteiger partial charge in [0.15, 0.2) is 0 Å². The number of anilines is 6. The van der Waals surface area contributed by atoms with Crippen molar-refractivity contribution in [2.45, 2.75) is 78.6 Å². The molecule has 2 aliphatic heterocycles. The lowest BCUT2D eigenvalue weighted by Crippen LogP contribution is -2.61. The van der Waals surface area contributed by atoms with Crippen molar-refractivity contribution in [3.63, 3.8) is 0 Å². The topological polar surface area (TPSA) is 19.6 Å². The Labute approximate surface area is 519 Å². The van der Waals surface area contributed by atoms with Gasteiger partial charge in [0.25, 0.3) is 6.71 Å². The highest BCUT2D eigenvalue weighted by Gasteiger charge is 2.46. The monoisotopic (exact) mass is 1130 g/mol. The first-order valence-corrected chi connectivity index (χ1v) is 31.2. The second-order valence-electron chi connectivity index (χ2n) is 27.3. The summed E-state index contributed by atoms with van der Waals surface area (Å²) in [5.41, 5.74) is 29.5. The lowest BCUT2D eigenvalue weighted by Gasteiger charge is -2.47. The Kier molecular flexibility index (Phi) is 13.0. The van der Waals surface area contributed by atoms with Gasteiger partial charge in [-0.3, -0.25) is 0 Å². The van der Waals surface area contributed by atoms with Crippen molar-refractivity contribution in [2.24, 2.45) is 0 Å². The van der Waals surface area contributed by atoms with Crippen molar-refractivity contribution in [2.75, 3.05) is 9.80 Å². The highest BCUT2D eigenvalue weighted by molar-refractivity contribution is 7.00. The van der Waals surface area contributed by atoms with E-state index in [4.69, 9.17) is 4.42 Å². The van der Waals surface area contributed by atoms with E-state index >= 15 is 0 Å². The van der Waals surface area contributed by atoms with Crippen LogP contribution < -0.4 is 26.2 Å². The minimum atomic E-state index is -0.271. The van der Waals surface area contributed by atoms with Crippen LogP contribution in [-0.2, 0) is 16.2 Å². The lowest BCUT2D eigenvalue weighted by molar-refractivity contribution is 0.590. The number of para-hydroxylation sites is 2. The summed E-state index contributed by atoms with van der Waals surface area (Å²) in [6.07, 6.45) is 0. The maximum atomic E-state index is 6.92. The molecule has 0 bridgehead atoms. The molecule has 2 aliphatic rings. The molecule has 426 valence electrons. The van der Waals surface area contributed by atoms with Crippen LogP contribution in [0.5, 0.6) is 0 Å². The molecule has 0 spiro atoms. The highest BCUT2D eigenvalue weighted by atomic mass is 16.3. The van der Waals surface area contributed by atoms with E-state index in [1.165, 1.54) is 89.0 Å². The van der Waals surface area contributed by atoms with Gasteiger partial charge in [0.1, 0.15) is 11.2 Å². The van der Waals surface area contributed by atoms with Crippen LogP contribution in [0.25, 0.3) is 88.7 Å². The van der Waals surface area contributed by atoms with Crippen LogP contribution in [0.1, 0.15) is 79.0 Å². The third kappa shape index (κ3) is 9.28. The maximum absolute atomic E-state index is 6.92. The van der Waals surface area contributed by atoms with E-state index in [1.807, 2.05) is 0 Å². The Morgan fingerprint density at radius 2 is 0.648 bits per heavy atom. The summed E-state index contributed by atoms with van der Waals surface area (Å²) in [6, 6.07) is 100. The van der Waals surface area contributed by atoms with E-state index < -0.39 is 0 Å². The predicted molar refractivity (Wildman–Crippen MR) is 376 cm³/mol. The number of benzene rings is 12. The largest absolute Gasteiger partial charge is 0.455 e. The van der Waals surface area contributed by atoms with Gasteiger partial charge < -0.3 is 14.2 Å². The summed E-state index contributed by atoms with van der Waals surface area (Å²) >= 11 is 0. The molecule has 0 atom stereocenters. The normalized spacial score (nSPS) is 13.0. The number of hydrogen-bond acceptors (Lipinski definition) is 3. The van der Waals surface area contributed by atoms with Crippen molar-refractivity contribution in [1.29, 1.82) is 0 Å². The molecule has 4 heteroatoms. The van der Waals surface area contributed by atoms with Gasteiger partial charge in [-0.05, 0) is 143 Å². The summed E-state index contributed by atoms with van der Waals surface area (Å²) in [7, 11) is 0. The van der Waals surface area contributed by atoms with Crippen LogP contribution in [-0.4, -0.2) is 6.71 Å². The third-order valence-electron chi connectivity index (χ3n) is 18.5. The smallest absolute Gasteiger partial charge is 0.252 e. The van der Waals surface area contributed by atoms with Crippen molar-refractivity contribution in [3.8, 4) is 66.8 Å². The molecule has 0 N–H and O–H groups in total. The van der Waals surface area contributed by atoms with Gasteiger partial charge in [0.2, 0.25) is 0 Å². The SMILES string of the molecule is CC(C)(C)c1cc(-c2ccccc2)c(N2c3ccc(-c4ccccc4)cc3B3c4cc(-c5cccc6c5oc5ccccc56)ccc4N(c4c(-c5ccccc5)cc(C(C)(C)C)cc4-c4ccccc4)c4cc(C(C)(C)C)cc2c43)c(-c2ccccc2)c1. The van der Waals surface area contributed by atoms with Crippen molar-refractivity contribution in [3.05, 3.63) is 284 Å². The van der Waals surface area contributed by atoms with Gasteiger partial charge in [-0.2, -0.15) is 0 Å². The minimum absolute atomic E-state index is 0.156. The van der Waals surface area contributed by atoms with E-state index in [9.17, 15) is 0 Å². The Balaban J connectivity index is 1.14. The molecular weight excluding hydrogens is 1060 g/mol. The fourth-order valence-electron chi connectivity index (χ4n) is 13.8. The van der Waals surface area contributed by atoms with Crippen LogP contribution in [0.15, 0.2) is 271 Å². The summed E-state index contributed by atoms with van der Waals surface area (Å²) in [5, 5.41) is 2.23. The maximum Gasteiger partial charge on any atom is 0.252 e. The molecule has 0 aliphatic carbocycles. The molecule has 1 aromatic heterocycles. The van der Waals surface area contributed by atoms with Crippen molar-refractivity contribution in [1.82, 2.24) is 0 Å². The first kappa shape index (κ1) is 54.7. The van der Waals surface area contributed by atoms with Gasteiger partial charge >= 0.3 is 0 Å². The van der Waals surface area contributed by atoms with Crippen LogP contribution >= 0.6 is 0 Å². The van der Waals surface area contributed by atoms with Crippen LogP contribution in [0, 0.1) is 0 Å².